The summed E-state index contributed by atoms with van der Waals surface area (Å²) in [5.41, 5.74) is 0. The van der Waals surface area contributed by atoms with Gasteiger partial charge in [-0.1, -0.05) is 13.8 Å². The van der Waals surface area contributed by atoms with Crippen LogP contribution in [0, 0.1) is 5.92 Å². The molecule has 84 valence electrons. The molecule has 15 heavy (non-hydrogen) atoms. The lowest BCUT2D eigenvalue weighted by atomic mass is 10.2. The van der Waals surface area contributed by atoms with Crippen LogP contribution >= 0.6 is 0 Å². The monoisotopic (exact) mass is 208 g/mol. The molecule has 1 heterocycles. The minimum atomic E-state index is 0.632. The summed E-state index contributed by atoms with van der Waals surface area (Å²) in [6.45, 7) is 8.33. The largest absolute Gasteiger partial charge is 0.370 e. The lowest BCUT2D eigenvalue weighted by molar-refractivity contribution is 0.634. The first-order valence-electron chi connectivity index (χ1n) is 5.40. The van der Waals surface area contributed by atoms with Gasteiger partial charge in [0.2, 0.25) is 0 Å². The van der Waals surface area contributed by atoms with Gasteiger partial charge in [-0.3, -0.25) is 0 Å². The summed E-state index contributed by atoms with van der Waals surface area (Å²) in [6, 6.07) is 1.98. The molecule has 1 rings (SSSR count). The average Bonchev–Trinajstić information content (AvgIpc) is 2.17. The first-order chi connectivity index (χ1) is 7.13. The van der Waals surface area contributed by atoms with E-state index in [0.717, 1.165) is 24.7 Å². The third-order valence-corrected chi connectivity index (χ3v) is 2.04. The zero-order chi connectivity index (χ0) is 11.3. The number of hydrogen-bond donors (Lipinski definition) is 1. The Morgan fingerprint density at radius 1 is 1.40 bits per heavy atom. The number of rotatable bonds is 5. The summed E-state index contributed by atoms with van der Waals surface area (Å²) >= 11 is 0. The summed E-state index contributed by atoms with van der Waals surface area (Å²) in [5, 5.41) is 3.18. The third kappa shape index (κ3) is 3.73. The number of nitrogens with one attached hydrogen (secondary N) is 1. The van der Waals surface area contributed by atoms with E-state index < -0.39 is 0 Å². The van der Waals surface area contributed by atoms with Gasteiger partial charge in [0.15, 0.2) is 0 Å². The minimum Gasteiger partial charge on any atom is -0.370 e. The van der Waals surface area contributed by atoms with Crippen LogP contribution in [0.5, 0.6) is 0 Å². The number of hydrogen-bond acceptors (Lipinski definition) is 4. The predicted octanol–water partition coefficient (Wildman–Crippen LogP) is 2.00. The Balaban J connectivity index is 2.71. The standard InChI is InChI=1S/C11H20N4/c1-5-12-10-6-11(14-8-13-10)15(4)7-9(2)3/h6,8-9H,5,7H2,1-4H3,(H,12,13,14). The van der Waals surface area contributed by atoms with Crippen LogP contribution < -0.4 is 10.2 Å². The summed E-state index contributed by atoms with van der Waals surface area (Å²) < 4.78 is 0. The summed E-state index contributed by atoms with van der Waals surface area (Å²) in [5.74, 6) is 2.49. The lowest BCUT2D eigenvalue weighted by Crippen LogP contribution is -2.23. The summed E-state index contributed by atoms with van der Waals surface area (Å²) in [4.78, 5) is 10.5. The summed E-state index contributed by atoms with van der Waals surface area (Å²) in [7, 11) is 2.05. The maximum absolute atomic E-state index is 4.25. The second-order valence-corrected chi connectivity index (χ2v) is 4.07. The molecule has 0 fully saturated rings. The maximum atomic E-state index is 4.25. The van der Waals surface area contributed by atoms with E-state index in [1.54, 1.807) is 6.33 Å². The van der Waals surface area contributed by atoms with Crippen molar-refractivity contribution in [3.05, 3.63) is 12.4 Å². The fourth-order valence-electron chi connectivity index (χ4n) is 1.47. The highest BCUT2D eigenvalue weighted by molar-refractivity contribution is 5.47. The summed E-state index contributed by atoms with van der Waals surface area (Å²) in [6.07, 6.45) is 1.60. The van der Waals surface area contributed by atoms with Crippen molar-refractivity contribution in [1.82, 2.24) is 9.97 Å². The van der Waals surface area contributed by atoms with Crippen LogP contribution in [0.4, 0.5) is 11.6 Å². The SMILES string of the molecule is CCNc1cc(N(C)CC(C)C)ncn1. The minimum absolute atomic E-state index is 0.632. The van der Waals surface area contributed by atoms with Crippen molar-refractivity contribution in [3.8, 4) is 0 Å². The predicted molar refractivity (Wildman–Crippen MR) is 64.3 cm³/mol. The topological polar surface area (TPSA) is 41.0 Å². The Morgan fingerprint density at radius 2 is 2.13 bits per heavy atom. The normalized spacial score (nSPS) is 10.5. The zero-order valence-electron chi connectivity index (χ0n) is 9.99. The van der Waals surface area contributed by atoms with Crippen molar-refractivity contribution in [3.63, 3.8) is 0 Å². The molecule has 0 aliphatic carbocycles. The van der Waals surface area contributed by atoms with Gasteiger partial charge in [-0.2, -0.15) is 0 Å². The Labute approximate surface area is 91.7 Å². The third-order valence-electron chi connectivity index (χ3n) is 2.04. The Morgan fingerprint density at radius 3 is 2.73 bits per heavy atom. The van der Waals surface area contributed by atoms with Crippen molar-refractivity contribution in [1.29, 1.82) is 0 Å². The molecule has 0 spiro atoms. The van der Waals surface area contributed by atoms with Gasteiger partial charge in [0.1, 0.15) is 18.0 Å². The van der Waals surface area contributed by atoms with E-state index in [0.29, 0.717) is 5.92 Å². The highest BCUT2D eigenvalue weighted by Gasteiger charge is 2.05. The molecule has 1 N–H and O–H groups in total. The van der Waals surface area contributed by atoms with Gasteiger partial charge in [0.05, 0.1) is 0 Å². The number of aromatic nitrogens is 2. The van der Waals surface area contributed by atoms with E-state index in [2.05, 4.69) is 48.0 Å². The van der Waals surface area contributed by atoms with Crippen molar-refractivity contribution in [2.45, 2.75) is 20.8 Å². The van der Waals surface area contributed by atoms with Gasteiger partial charge in [0, 0.05) is 26.2 Å². The van der Waals surface area contributed by atoms with E-state index in [1.165, 1.54) is 0 Å². The second kappa shape index (κ2) is 5.53. The highest BCUT2D eigenvalue weighted by Crippen LogP contribution is 2.13. The Kier molecular flexibility index (Phi) is 4.34. The zero-order valence-corrected chi connectivity index (χ0v) is 9.99. The molecule has 0 radical (unpaired) electrons. The van der Waals surface area contributed by atoms with Crippen LogP contribution in [-0.4, -0.2) is 30.1 Å². The van der Waals surface area contributed by atoms with Crippen molar-refractivity contribution >= 4 is 11.6 Å². The number of anilines is 2. The Bertz CT molecular complexity index is 298. The van der Waals surface area contributed by atoms with Crippen LogP contribution in [0.1, 0.15) is 20.8 Å². The molecule has 0 bridgehead atoms. The molecular formula is C11H20N4. The quantitative estimate of drug-likeness (QED) is 0.803. The van der Waals surface area contributed by atoms with Crippen molar-refractivity contribution in [2.75, 3.05) is 30.4 Å². The van der Waals surface area contributed by atoms with Crippen LogP contribution in [0.3, 0.4) is 0 Å². The van der Waals surface area contributed by atoms with Gasteiger partial charge in [-0.05, 0) is 12.8 Å². The van der Waals surface area contributed by atoms with Gasteiger partial charge in [-0.15, -0.1) is 0 Å². The maximum Gasteiger partial charge on any atom is 0.133 e. The molecule has 0 atom stereocenters. The molecule has 0 saturated heterocycles. The van der Waals surface area contributed by atoms with Gasteiger partial charge < -0.3 is 10.2 Å². The fraction of sp³-hybridized carbons (Fsp3) is 0.636. The van der Waals surface area contributed by atoms with Crippen LogP contribution in [0.15, 0.2) is 12.4 Å². The van der Waals surface area contributed by atoms with Crippen molar-refractivity contribution in [2.24, 2.45) is 5.92 Å². The molecule has 0 aromatic carbocycles. The van der Waals surface area contributed by atoms with Gasteiger partial charge >= 0.3 is 0 Å². The molecule has 0 unspecified atom stereocenters. The Hall–Kier alpha value is -1.32. The van der Waals surface area contributed by atoms with Gasteiger partial charge in [-0.25, -0.2) is 9.97 Å². The first-order valence-corrected chi connectivity index (χ1v) is 5.40. The highest BCUT2D eigenvalue weighted by atomic mass is 15.2. The van der Waals surface area contributed by atoms with E-state index in [-0.39, 0.29) is 0 Å². The molecule has 1 aromatic heterocycles. The molecule has 4 heteroatoms. The second-order valence-electron chi connectivity index (χ2n) is 4.07. The van der Waals surface area contributed by atoms with Crippen molar-refractivity contribution < 1.29 is 0 Å². The molecule has 4 nitrogen and oxygen atoms in total. The average molecular weight is 208 g/mol. The lowest BCUT2D eigenvalue weighted by Gasteiger charge is -2.20. The first kappa shape index (κ1) is 11.8. The van der Waals surface area contributed by atoms with E-state index in [1.807, 2.05) is 6.07 Å². The van der Waals surface area contributed by atoms with E-state index in [9.17, 15) is 0 Å². The van der Waals surface area contributed by atoms with E-state index >= 15 is 0 Å². The number of nitrogens with zero attached hydrogens (tertiary/aromatic N) is 3. The van der Waals surface area contributed by atoms with Crippen LogP contribution in [-0.2, 0) is 0 Å². The molecule has 0 saturated carbocycles. The molecule has 1 aromatic rings. The van der Waals surface area contributed by atoms with Gasteiger partial charge in [0.25, 0.3) is 0 Å². The van der Waals surface area contributed by atoms with Crippen LogP contribution in [0.25, 0.3) is 0 Å². The molecule has 0 aliphatic rings. The molecule has 0 amide bonds. The smallest absolute Gasteiger partial charge is 0.133 e. The molecular weight excluding hydrogens is 188 g/mol. The van der Waals surface area contributed by atoms with Crippen LogP contribution in [0.2, 0.25) is 0 Å². The van der Waals surface area contributed by atoms with E-state index in [4.69, 9.17) is 0 Å². The molecule has 0 aliphatic heterocycles. The fourth-order valence-corrected chi connectivity index (χ4v) is 1.47.